The van der Waals surface area contributed by atoms with Crippen molar-refractivity contribution < 1.29 is 13.9 Å². The molecule has 126 valence electrons. The molecule has 0 aliphatic carbocycles. The lowest BCUT2D eigenvalue weighted by Gasteiger charge is -2.10. The minimum absolute atomic E-state index is 0.0360. The predicted octanol–water partition coefficient (Wildman–Crippen LogP) is 4.48. The SMILES string of the molecule is C=C(C)COc1ccc(NCC(=O)Nc2ccc(F)c(Cl)c2)cc1. The normalized spacial score (nSPS) is 10.1. The molecule has 0 aromatic heterocycles. The maximum atomic E-state index is 13.1. The lowest BCUT2D eigenvalue weighted by atomic mass is 10.3. The highest BCUT2D eigenvalue weighted by Gasteiger charge is 2.05. The number of carbonyl (C=O) groups is 1. The van der Waals surface area contributed by atoms with E-state index in [1.54, 1.807) is 0 Å². The van der Waals surface area contributed by atoms with Gasteiger partial charge in [-0.1, -0.05) is 18.2 Å². The first-order chi connectivity index (χ1) is 11.4. The maximum absolute atomic E-state index is 13.1. The van der Waals surface area contributed by atoms with Crippen molar-refractivity contribution >= 4 is 28.9 Å². The van der Waals surface area contributed by atoms with E-state index in [1.165, 1.54) is 18.2 Å². The minimum Gasteiger partial charge on any atom is -0.489 e. The van der Waals surface area contributed by atoms with Gasteiger partial charge in [-0.25, -0.2) is 4.39 Å². The largest absolute Gasteiger partial charge is 0.489 e. The summed E-state index contributed by atoms with van der Waals surface area (Å²) >= 11 is 5.67. The first-order valence-corrected chi connectivity index (χ1v) is 7.68. The molecule has 0 fully saturated rings. The van der Waals surface area contributed by atoms with E-state index in [1.807, 2.05) is 31.2 Å². The van der Waals surface area contributed by atoms with Crippen LogP contribution in [0.3, 0.4) is 0 Å². The zero-order valence-electron chi connectivity index (χ0n) is 13.2. The lowest BCUT2D eigenvalue weighted by Crippen LogP contribution is -2.21. The summed E-state index contributed by atoms with van der Waals surface area (Å²) in [6, 6.07) is 11.3. The fourth-order valence-electron chi connectivity index (χ4n) is 1.84. The van der Waals surface area contributed by atoms with Crippen LogP contribution < -0.4 is 15.4 Å². The highest BCUT2D eigenvalue weighted by molar-refractivity contribution is 6.31. The smallest absolute Gasteiger partial charge is 0.243 e. The van der Waals surface area contributed by atoms with Gasteiger partial charge in [0.15, 0.2) is 0 Å². The molecule has 2 aromatic rings. The van der Waals surface area contributed by atoms with Crippen molar-refractivity contribution in [3.63, 3.8) is 0 Å². The van der Waals surface area contributed by atoms with Crippen molar-refractivity contribution in [1.29, 1.82) is 0 Å². The number of hydrogen-bond donors (Lipinski definition) is 2. The second-order valence-corrected chi connectivity index (χ2v) is 5.71. The van der Waals surface area contributed by atoms with Crippen molar-refractivity contribution in [3.8, 4) is 5.75 Å². The van der Waals surface area contributed by atoms with Crippen molar-refractivity contribution in [2.24, 2.45) is 0 Å². The van der Waals surface area contributed by atoms with E-state index in [-0.39, 0.29) is 17.5 Å². The Balaban J connectivity index is 1.82. The average molecular weight is 349 g/mol. The van der Waals surface area contributed by atoms with E-state index in [0.29, 0.717) is 12.3 Å². The van der Waals surface area contributed by atoms with Gasteiger partial charge in [0.1, 0.15) is 18.2 Å². The van der Waals surface area contributed by atoms with Gasteiger partial charge in [0.05, 0.1) is 11.6 Å². The average Bonchev–Trinajstić information content (AvgIpc) is 2.55. The molecule has 0 atom stereocenters. The van der Waals surface area contributed by atoms with Gasteiger partial charge in [-0.3, -0.25) is 4.79 Å². The Hall–Kier alpha value is -2.53. The number of amides is 1. The van der Waals surface area contributed by atoms with Gasteiger partial charge in [-0.15, -0.1) is 0 Å². The summed E-state index contributed by atoms with van der Waals surface area (Å²) in [6.07, 6.45) is 0. The highest BCUT2D eigenvalue weighted by Crippen LogP contribution is 2.19. The van der Waals surface area contributed by atoms with Gasteiger partial charge in [-0.2, -0.15) is 0 Å². The summed E-state index contributed by atoms with van der Waals surface area (Å²) in [5, 5.41) is 5.59. The lowest BCUT2D eigenvalue weighted by molar-refractivity contribution is -0.114. The third-order valence-electron chi connectivity index (χ3n) is 3.00. The summed E-state index contributed by atoms with van der Waals surface area (Å²) in [6.45, 7) is 6.20. The first-order valence-electron chi connectivity index (χ1n) is 7.30. The Bertz CT molecular complexity index is 732. The summed E-state index contributed by atoms with van der Waals surface area (Å²) in [5.74, 6) is -0.0593. The molecule has 0 spiro atoms. The van der Waals surface area contributed by atoms with Crippen LogP contribution in [0, 0.1) is 5.82 Å². The van der Waals surface area contributed by atoms with Gasteiger partial charge in [-0.05, 0) is 55.0 Å². The third-order valence-corrected chi connectivity index (χ3v) is 3.29. The van der Waals surface area contributed by atoms with Crippen molar-refractivity contribution in [3.05, 3.63) is 65.5 Å². The van der Waals surface area contributed by atoms with Crippen LogP contribution in [0.5, 0.6) is 5.75 Å². The topological polar surface area (TPSA) is 50.4 Å². The molecule has 0 aliphatic heterocycles. The Kier molecular flexibility index (Phi) is 6.21. The number of nitrogens with one attached hydrogen (secondary N) is 2. The molecule has 24 heavy (non-hydrogen) atoms. The molecule has 0 radical (unpaired) electrons. The summed E-state index contributed by atoms with van der Waals surface area (Å²) in [5.41, 5.74) is 2.16. The highest BCUT2D eigenvalue weighted by atomic mass is 35.5. The molecule has 2 N–H and O–H groups in total. The monoisotopic (exact) mass is 348 g/mol. The van der Waals surface area contributed by atoms with Gasteiger partial charge in [0.25, 0.3) is 0 Å². The zero-order chi connectivity index (χ0) is 17.5. The number of hydrogen-bond acceptors (Lipinski definition) is 3. The van der Waals surface area contributed by atoms with Gasteiger partial charge >= 0.3 is 0 Å². The third kappa shape index (κ3) is 5.59. The molecule has 0 unspecified atom stereocenters. The van der Waals surface area contributed by atoms with Crippen molar-refractivity contribution in [2.45, 2.75) is 6.92 Å². The second-order valence-electron chi connectivity index (χ2n) is 5.30. The van der Waals surface area contributed by atoms with Crippen LogP contribution in [0.1, 0.15) is 6.92 Å². The maximum Gasteiger partial charge on any atom is 0.243 e. The van der Waals surface area contributed by atoms with Crippen LogP contribution >= 0.6 is 11.6 Å². The fourth-order valence-corrected chi connectivity index (χ4v) is 2.02. The van der Waals surface area contributed by atoms with E-state index in [4.69, 9.17) is 16.3 Å². The Morgan fingerprint density at radius 3 is 2.50 bits per heavy atom. The molecule has 2 aromatic carbocycles. The van der Waals surface area contributed by atoms with Gasteiger partial charge in [0, 0.05) is 11.4 Å². The van der Waals surface area contributed by atoms with Crippen LogP contribution in [-0.4, -0.2) is 19.1 Å². The molecule has 2 rings (SSSR count). The van der Waals surface area contributed by atoms with E-state index < -0.39 is 5.82 Å². The number of carbonyl (C=O) groups excluding carboxylic acids is 1. The van der Waals surface area contributed by atoms with E-state index >= 15 is 0 Å². The molecular weight excluding hydrogens is 331 g/mol. The summed E-state index contributed by atoms with van der Waals surface area (Å²) in [4.78, 5) is 11.9. The van der Waals surface area contributed by atoms with E-state index in [2.05, 4.69) is 17.2 Å². The van der Waals surface area contributed by atoms with Gasteiger partial charge in [0.2, 0.25) is 5.91 Å². The molecular formula is C18H18ClFN2O2. The molecule has 0 saturated carbocycles. The van der Waals surface area contributed by atoms with E-state index in [9.17, 15) is 9.18 Å². The molecule has 0 aliphatic rings. The number of anilines is 2. The number of ether oxygens (including phenoxy) is 1. The predicted molar refractivity (Wildman–Crippen MR) is 95.3 cm³/mol. The number of halogens is 2. The van der Waals surface area contributed by atoms with Crippen LogP contribution in [0.25, 0.3) is 0 Å². The standard InChI is InChI=1S/C18H18ClFN2O2/c1-12(2)11-24-15-6-3-13(4-7-15)21-10-18(23)22-14-5-8-17(20)16(19)9-14/h3-9,21H,1,10-11H2,2H3,(H,22,23). The summed E-state index contributed by atoms with van der Waals surface area (Å²) < 4.78 is 18.6. The molecule has 0 heterocycles. The van der Waals surface area contributed by atoms with Crippen LogP contribution in [0.2, 0.25) is 5.02 Å². The Labute approximate surface area is 145 Å². The van der Waals surface area contributed by atoms with Crippen LogP contribution in [0.4, 0.5) is 15.8 Å². The first kappa shape index (κ1) is 17.8. The van der Waals surface area contributed by atoms with Crippen molar-refractivity contribution in [1.82, 2.24) is 0 Å². The molecule has 0 bridgehead atoms. The quantitative estimate of drug-likeness (QED) is 0.725. The van der Waals surface area contributed by atoms with Gasteiger partial charge < -0.3 is 15.4 Å². The number of benzene rings is 2. The van der Waals surface area contributed by atoms with Crippen LogP contribution in [-0.2, 0) is 4.79 Å². The Morgan fingerprint density at radius 2 is 1.88 bits per heavy atom. The Morgan fingerprint density at radius 1 is 1.21 bits per heavy atom. The molecule has 1 amide bonds. The second kappa shape index (κ2) is 8.36. The minimum atomic E-state index is -0.526. The summed E-state index contributed by atoms with van der Waals surface area (Å²) in [7, 11) is 0. The molecule has 6 heteroatoms. The van der Waals surface area contributed by atoms with Crippen LogP contribution in [0.15, 0.2) is 54.6 Å². The zero-order valence-corrected chi connectivity index (χ0v) is 14.0. The van der Waals surface area contributed by atoms with Crippen molar-refractivity contribution in [2.75, 3.05) is 23.8 Å². The molecule has 0 saturated heterocycles. The fraction of sp³-hybridized carbons (Fsp3) is 0.167. The molecule has 4 nitrogen and oxygen atoms in total. The number of rotatable bonds is 7. The van der Waals surface area contributed by atoms with E-state index in [0.717, 1.165) is 17.0 Å².